The fourth-order valence-electron chi connectivity index (χ4n) is 3.29. The van der Waals surface area contributed by atoms with Crippen LogP contribution in [0, 0.1) is 0 Å². The Morgan fingerprint density at radius 1 is 1.25 bits per heavy atom. The van der Waals surface area contributed by atoms with Crippen LogP contribution in [0.1, 0.15) is 34.8 Å². The molecule has 1 atom stereocenters. The number of carbonyl (C=O) groups is 1. The predicted molar refractivity (Wildman–Crippen MR) is 90.6 cm³/mol. The number of aromatic amines is 1. The van der Waals surface area contributed by atoms with Crippen molar-refractivity contribution in [2.24, 2.45) is 0 Å². The van der Waals surface area contributed by atoms with E-state index in [1.807, 2.05) is 23.1 Å². The molecule has 1 N–H and O–H groups in total. The Labute approximate surface area is 140 Å². The van der Waals surface area contributed by atoms with Crippen molar-refractivity contribution in [3.05, 3.63) is 66.2 Å². The molecule has 2 aromatic heterocycles. The number of hydrogen-bond acceptors (Lipinski definition) is 3. The molecule has 1 saturated heterocycles. The number of likely N-dealkylation sites (tertiary alicyclic amines) is 1. The van der Waals surface area contributed by atoms with Crippen LogP contribution in [0.15, 0.2) is 59.4 Å². The number of hydrogen-bond donors (Lipinski definition) is 1. The van der Waals surface area contributed by atoms with Gasteiger partial charge >= 0.3 is 0 Å². The third-order valence-corrected chi connectivity index (χ3v) is 4.58. The number of nitrogens with zero attached hydrogens (tertiary/aromatic N) is 2. The van der Waals surface area contributed by atoms with Crippen molar-refractivity contribution in [1.29, 1.82) is 0 Å². The smallest absolute Gasteiger partial charge is 0.257 e. The number of nitrogens with one attached hydrogen (secondary N) is 1. The zero-order valence-electron chi connectivity index (χ0n) is 13.3. The highest BCUT2D eigenvalue weighted by Gasteiger charge is 2.27. The molecule has 1 aromatic carbocycles. The molecule has 24 heavy (non-hydrogen) atoms. The van der Waals surface area contributed by atoms with E-state index in [1.165, 1.54) is 12.5 Å². The summed E-state index contributed by atoms with van der Waals surface area (Å²) in [6.07, 6.45) is 5.10. The predicted octanol–water partition coefficient (Wildman–Crippen LogP) is 3.69. The summed E-state index contributed by atoms with van der Waals surface area (Å²) in [5.74, 6) is 0.329. The largest absolute Gasteiger partial charge is 0.472 e. The van der Waals surface area contributed by atoms with Crippen LogP contribution in [0.25, 0.3) is 11.3 Å². The van der Waals surface area contributed by atoms with E-state index in [4.69, 9.17) is 4.42 Å². The minimum atomic E-state index is 0.0382. The summed E-state index contributed by atoms with van der Waals surface area (Å²) in [6.45, 7) is 1.50. The van der Waals surface area contributed by atoms with Gasteiger partial charge in [-0.3, -0.25) is 9.89 Å². The first kappa shape index (κ1) is 14.8. The van der Waals surface area contributed by atoms with Gasteiger partial charge in [-0.1, -0.05) is 30.3 Å². The number of aromatic nitrogens is 2. The maximum atomic E-state index is 12.5. The van der Waals surface area contributed by atoms with Crippen molar-refractivity contribution in [2.45, 2.75) is 18.8 Å². The van der Waals surface area contributed by atoms with Crippen molar-refractivity contribution in [2.75, 3.05) is 13.1 Å². The lowest BCUT2D eigenvalue weighted by atomic mass is 9.94. The lowest BCUT2D eigenvalue weighted by Gasteiger charge is -2.32. The molecule has 3 aromatic rings. The minimum absolute atomic E-state index is 0.0382. The second-order valence-corrected chi connectivity index (χ2v) is 6.18. The Hall–Kier alpha value is -2.82. The highest BCUT2D eigenvalue weighted by molar-refractivity contribution is 5.93. The van der Waals surface area contributed by atoms with Crippen LogP contribution in [0.2, 0.25) is 0 Å². The van der Waals surface area contributed by atoms with E-state index in [1.54, 1.807) is 6.07 Å². The molecule has 1 aliphatic heterocycles. The van der Waals surface area contributed by atoms with Gasteiger partial charge in [-0.25, -0.2) is 0 Å². The van der Waals surface area contributed by atoms with Crippen LogP contribution in [0.5, 0.6) is 0 Å². The zero-order valence-corrected chi connectivity index (χ0v) is 13.3. The summed E-state index contributed by atoms with van der Waals surface area (Å²) in [5.41, 5.74) is 3.76. The Balaban J connectivity index is 1.50. The number of amides is 1. The third kappa shape index (κ3) is 2.85. The quantitative estimate of drug-likeness (QED) is 0.800. The minimum Gasteiger partial charge on any atom is -0.472 e. The maximum absolute atomic E-state index is 12.5. The summed E-state index contributed by atoms with van der Waals surface area (Å²) in [4.78, 5) is 14.4. The van der Waals surface area contributed by atoms with Gasteiger partial charge in [-0.15, -0.1) is 0 Å². The molecule has 0 unspecified atom stereocenters. The Bertz CT molecular complexity index is 808. The molecule has 5 heteroatoms. The molecule has 3 heterocycles. The summed E-state index contributed by atoms with van der Waals surface area (Å²) >= 11 is 0. The molecule has 0 saturated carbocycles. The Morgan fingerprint density at radius 3 is 2.92 bits per heavy atom. The van der Waals surface area contributed by atoms with Gasteiger partial charge < -0.3 is 9.32 Å². The van der Waals surface area contributed by atoms with E-state index in [-0.39, 0.29) is 5.91 Å². The third-order valence-electron chi connectivity index (χ3n) is 4.58. The van der Waals surface area contributed by atoms with Gasteiger partial charge in [0.05, 0.1) is 17.5 Å². The molecule has 1 amide bonds. The first-order valence-electron chi connectivity index (χ1n) is 8.23. The molecule has 1 aliphatic rings. The molecule has 0 spiro atoms. The number of carbonyl (C=O) groups excluding carboxylic acids is 1. The van der Waals surface area contributed by atoms with Crippen LogP contribution >= 0.6 is 0 Å². The number of piperidine rings is 1. The molecule has 4 rings (SSSR count). The van der Waals surface area contributed by atoms with Crippen molar-refractivity contribution < 1.29 is 9.21 Å². The average Bonchev–Trinajstić information content (AvgIpc) is 3.34. The number of benzene rings is 1. The number of furan rings is 1. The zero-order chi connectivity index (χ0) is 16.4. The topological polar surface area (TPSA) is 62.1 Å². The first-order chi connectivity index (χ1) is 11.8. The second-order valence-electron chi connectivity index (χ2n) is 6.18. The van der Waals surface area contributed by atoms with Crippen LogP contribution < -0.4 is 0 Å². The SMILES string of the molecule is O=C(c1ccoc1)N1CCC[C@H](c2cc(-c3ccccc3)n[nH]2)C1. The maximum Gasteiger partial charge on any atom is 0.257 e. The van der Waals surface area contributed by atoms with E-state index in [0.29, 0.717) is 18.0 Å². The summed E-state index contributed by atoms with van der Waals surface area (Å²) < 4.78 is 5.03. The monoisotopic (exact) mass is 321 g/mol. The fourth-order valence-corrected chi connectivity index (χ4v) is 3.29. The van der Waals surface area contributed by atoms with Gasteiger partial charge in [0.1, 0.15) is 6.26 Å². The van der Waals surface area contributed by atoms with Crippen molar-refractivity contribution in [1.82, 2.24) is 15.1 Å². The normalized spacial score (nSPS) is 17.8. The lowest BCUT2D eigenvalue weighted by Crippen LogP contribution is -2.39. The molecule has 122 valence electrons. The highest BCUT2D eigenvalue weighted by atomic mass is 16.3. The Morgan fingerprint density at radius 2 is 2.12 bits per heavy atom. The van der Waals surface area contributed by atoms with Gasteiger partial charge in [0, 0.05) is 30.3 Å². The van der Waals surface area contributed by atoms with Crippen LogP contribution in [0.3, 0.4) is 0 Å². The standard InChI is InChI=1S/C19H19N3O2/c23-19(16-8-10-24-13-16)22-9-4-7-15(12-22)18-11-17(20-21-18)14-5-2-1-3-6-14/h1-3,5-6,8,10-11,13,15H,4,7,9,12H2,(H,20,21)/t15-/m0/s1. The second kappa shape index (κ2) is 6.35. The average molecular weight is 321 g/mol. The lowest BCUT2D eigenvalue weighted by molar-refractivity contribution is 0.0705. The molecule has 5 nitrogen and oxygen atoms in total. The van der Waals surface area contributed by atoms with E-state index in [2.05, 4.69) is 28.4 Å². The molecular weight excluding hydrogens is 302 g/mol. The van der Waals surface area contributed by atoms with Gasteiger partial charge in [-0.05, 0) is 25.0 Å². The van der Waals surface area contributed by atoms with Gasteiger partial charge in [0.15, 0.2) is 0 Å². The summed E-state index contributed by atoms with van der Waals surface area (Å²) in [5, 5.41) is 7.60. The van der Waals surface area contributed by atoms with E-state index >= 15 is 0 Å². The van der Waals surface area contributed by atoms with Crippen molar-refractivity contribution >= 4 is 5.91 Å². The molecule has 0 aliphatic carbocycles. The van der Waals surface area contributed by atoms with Crippen molar-refractivity contribution in [3.63, 3.8) is 0 Å². The summed E-state index contributed by atoms with van der Waals surface area (Å²) in [6, 6.07) is 13.9. The van der Waals surface area contributed by atoms with E-state index < -0.39 is 0 Å². The molecule has 0 bridgehead atoms. The van der Waals surface area contributed by atoms with Crippen LogP contribution in [-0.2, 0) is 0 Å². The molecule has 0 radical (unpaired) electrons. The number of H-pyrrole nitrogens is 1. The Kier molecular flexibility index (Phi) is 3.91. The van der Waals surface area contributed by atoms with Crippen LogP contribution in [0.4, 0.5) is 0 Å². The molecular formula is C19H19N3O2. The number of rotatable bonds is 3. The van der Waals surface area contributed by atoms with E-state index in [0.717, 1.165) is 36.3 Å². The first-order valence-corrected chi connectivity index (χ1v) is 8.23. The summed E-state index contributed by atoms with van der Waals surface area (Å²) in [7, 11) is 0. The van der Waals surface area contributed by atoms with E-state index in [9.17, 15) is 4.79 Å². The fraction of sp³-hybridized carbons (Fsp3) is 0.263. The van der Waals surface area contributed by atoms with Crippen LogP contribution in [-0.4, -0.2) is 34.1 Å². The van der Waals surface area contributed by atoms with Gasteiger partial charge in [0.2, 0.25) is 0 Å². The van der Waals surface area contributed by atoms with Gasteiger partial charge in [0.25, 0.3) is 5.91 Å². The highest BCUT2D eigenvalue weighted by Crippen LogP contribution is 2.29. The molecule has 1 fully saturated rings. The van der Waals surface area contributed by atoms with Gasteiger partial charge in [-0.2, -0.15) is 5.10 Å². The van der Waals surface area contributed by atoms with Crippen molar-refractivity contribution in [3.8, 4) is 11.3 Å².